The molecule has 2 aromatic rings. The third kappa shape index (κ3) is 6.40. The van der Waals surface area contributed by atoms with E-state index in [0.717, 1.165) is 23.1 Å². The number of carbonyl (C=O) groups excluding carboxylic acids is 2. The van der Waals surface area contributed by atoms with E-state index in [1.54, 1.807) is 18.2 Å². The first-order valence-corrected chi connectivity index (χ1v) is 14.5. The first-order chi connectivity index (χ1) is 18.8. The highest BCUT2D eigenvalue weighted by atomic mass is 32.2. The van der Waals surface area contributed by atoms with Gasteiger partial charge in [0.1, 0.15) is 6.04 Å². The fourth-order valence-electron chi connectivity index (χ4n) is 5.57. The van der Waals surface area contributed by atoms with E-state index in [1.165, 1.54) is 30.1 Å². The number of carboxylic acid groups (broad SMARTS) is 1. The van der Waals surface area contributed by atoms with Crippen LogP contribution in [-0.4, -0.2) is 78.7 Å². The van der Waals surface area contributed by atoms with Crippen LogP contribution in [0.15, 0.2) is 59.5 Å². The van der Waals surface area contributed by atoms with Crippen molar-refractivity contribution in [3.8, 4) is 0 Å². The molecule has 1 saturated carbocycles. The van der Waals surface area contributed by atoms with Gasteiger partial charge in [0.15, 0.2) is 9.84 Å². The molecule has 2 fully saturated rings. The lowest BCUT2D eigenvalue weighted by atomic mass is 9.81. The molecule has 4 rings (SSSR count). The molecule has 40 heavy (non-hydrogen) atoms. The molecular formula is C27H30F3N3O6S. The van der Waals surface area contributed by atoms with Gasteiger partial charge in [-0.2, -0.15) is 13.2 Å². The number of sulfone groups is 1. The topological polar surface area (TPSA) is 124 Å². The number of nitrogens with zero attached hydrogens (tertiary/aromatic N) is 2. The number of hydrogen-bond acceptors (Lipinski definition) is 5. The number of halogens is 3. The standard InChI is InChI=1S/C27H30F3N3O6S/c1-32(26(36)37)20-10-11-23(18(15-20)16-40(38,39)21-8-3-2-4-9-21)33-13-12-22(25(33)35)31-24(34)17-6-5-7-19(14-17)27(28,29)30/h2-9,14,18,20,22-23H,10-13,15-16H2,1H3,(H,31,34)(H,36,37)/t18-,20+,22-,23-/m0/s1. The Morgan fingerprint density at radius 2 is 1.77 bits per heavy atom. The molecule has 1 aliphatic carbocycles. The fraction of sp³-hybridized carbons (Fsp3) is 0.444. The summed E-state index contributed by atoms with van der Waals surface area (Å²) in [6, 6.07) is 9.85. The van der Waals surface area contributed by atoms with Crippen LogP contribution >= 0.6 is 0 Å². The number of nitrogens with one attached hydrogen (secondary N) is 1. The predicted octanol–water partition coefficient (Wildman–Crippen LogP) is 3.66. The average molecular weight is 582 g/mol. The van der Waals surface area contributed by atoms with Gasteiger partial charge in [-0.3, -0.25) is 9.59 Å². The second-order valence-corrected chi connectivity index (χ2v) is 12.2. The van der Waals surface area contributed by atoms with E-state index < -0.39 is 63.5 Å². The van der Waals surface area contributed by atoms with Gasteiger partial charge in [-0.15, -0.1) is 0 Å². The van der Waals surface area contributed by atoms with Crippen molar-refractivity contribution in [3.05, 3.63) is 65.7 Å². The number of hydrogen-bond donors (Lipinski definition) is 2. The molecule has 9 nitrogen and oxygen atoms in total. The van der Waals surface area contributed by atoms with Crippen molar-refractivity contribution in [1.29, 1.82) is 0 Å². The molecule has 1 aliphatic heterocycles. The van der Waals surface area contributed by atoms with Crippen LogP contribution in [0.4, 0.5) is 18.0 Å². The normalized spacial score (nSPS) is 23.6. The quantitative estimate of drug-likeness (QED) is 0.515. The van der Waals surface area contributed by atoms with Crippen molar-refractivity contribution >= 4 is 27.7 Å². The van der Waals surface area contributed by atoms with Gasteiger partial charge in [0, 0.05) is 31.2 Å². The van der Waals surface area contributed by atoms with Crippen molar-refractivity contribution < 1.29 is 41.1 Å². The first-order valence-electron chi connectivity index (χ1n) is 12.8. The zero-order valence-electron chi connectivity index (χ0n) is 21.7. The van der Waals surface area contributed by atoms with Crippen LogP contribution in [-0.2, 0) is 20.8 Å². The molecule has 1 saturated heterocycles. The van der Waals surface area contributed by atoms with Gasteiger partial charge in [0.25, 0.3) is 5.91 Å². The summed E-state index contributed by atoms with van der Waals surface area (Å²) in [6.45, 7) is 0.221. The summed E-state index contributed by atoms with van der Waals surface area (Å²) in [5.74, 6) is -2.14. The average Bonchev–Trinajstić information content (AvgIpc) is 3.27. The summed E-state index contributed by atoms with van der Waals surface area (Å²) in [5, 5.41) is 12.0. The maximum absolute atomic E-state index is 13.4. The number of benzene rings is 2. The molecule has 0 spiro atoms. The Morgan fingerprint density at radius 1 is 1.07 bits per heavy atom. The number of carbonyl (C=O) groups is 3. The summed E-state index contributed by atoms with van der Waals surface area (Å²) >= 11 is 0. The summed E-state index contributed by atoms with van der Waals surface area (Å²) in [7, 11) is -2.33. The minimum absolute atomic E-state index is 0.126. The molecule has 0 radical (unpaired) electrons. The Morgan fingerprint density at radius 3 is 2.42 bits per heavy atom. The lowest BCUT2D eigenvalue weighted by Gasteiger charge is -2.43. The number of amides is 3. The first kappa shape index (κ1) is 29.4. The van der Waals surface area contributed by atoms with Gasteiger partial charge in [0.2, 0.25) is 5.91 Å². The maximum Gasteiger partial charge on any atom is 0.416 e. The maximum atomic E-state index is 13.4. The van der Waals surface area contributed by atoms with Crippen LogP contribution in [0.1, 0.15) is 41.6 Å². The minimum atomic E-state index is -4.63. The minimum Gasteiger partial charge on any atom is -0.465 e. The van der Waals surface area contributed by atoms with Crippen molar-refractivity contribution in [3.63, 3.8) is 0 Å². The summed E-state index contributed by atoms with van der Waals surface area (Å²) < 4.78 is 65.7. The van der Waals surface area contributed by atoms with Gasteiger partial charge >= 0.3 is 12.3 Å². The fourth-order valence-corrected chi connectivity index (χ4v) is 7.26. The lowest BCUT2D eigenvalue weighted by Crippen LogP contribution is -2.53. The van der Waals surface area contributed by atoms with E-state index in [-0.39, 0.29) is 35.6 Å². The van der Waals surface area contributed by atoms with E-state index in [0.29, 0.717) is 12.8 Å². The molecule has 2 N–H and O–H groups in total. The zero-order chi connectivity index (χ0) is 29.2. The Bertz CT molecular complexity index is 1370. The van der Waals surface area contributed by atoms with Crippen molar-refractivity contribution in [2.24, 2.45) is 5.92 Å². The van der Waals surface area contributed by atoms with Gasteiger partial charge in [-0.1, -0.05) is 24.3 Å². The molecule has 0 bridgehead atoms. The van der Waals surface area contributed by atoms with E-state index in [1.807, 2.05) is 0 Å². The van der Waals surface area contributed by atoms with Crippen LogP contribution in [0.25, 0.3) is 0 Å². The third-order valence-electron chi connectivity index (χ3n) is 7.70. The second kappa shape index (κ2) is 11.5. The monoisotopic (exact) mass is 581 g/mol. The molecule has 4 atom stereocenters. The van der Waals surface area contributed by atoms with E-state index >= 15 is 0 Å². The van der Waals surface area contributed by atoms with Crippen LogP contribution in [0.3, 0.4) is 0 Å². The van der Waals surface area contributed by atoms with Gasteiger partial charge in [0.05, 0.1) is 16.2 Å². The number of alkyl halides is 3. The molecule has 0 unspecified atom stereocenters. The Kier molecular flexibility index (Phi) is 8.43. The van der Waals surface area contributed by atoms with Crippen molar-refractivity contribution in [1.82, 2.24) is 15.1 Å². The van der Waals surface area contributed by atoms with Gasteiger partial charge in [-0.25, -0.2) is 13.2 Å². The summed E-state index contributed by atoms with van der Waals surface area (Å²) in [5.41, 5.74) is -1.21. The van der Waals surface area contributed by atoms with E-state index in [2.05, 4.69) is 5.32 Å². The van der Waals surface area contributed by atoms with Crippen LogP contribution < -0.4 is 5.32 Å². The summed E-state index contributed by atoms with van der Waals surface area (Å²) in [6.07, 6.45) is -4.56. The molecule has 216 valence electrons. The molecule has 2 aromatic carbocycles. The Balaban J connectivity index is 1.52. The Hall–Kier alpha value is -3.61. The van der Waals surface area contributed by atoms with Gasteiger partial charge in [-0.05, 0) is 61.9 Å². The molecule has 0 aromatic heterocycles. The van der Waals surface area contributed by atoms with Crippen molar-refractivity contribution in [2.75, 3.05) is 19.3 Å². The van der Waals surface area contributed by atoms with Crippen molar-refractivity contribution in [2.45, 2.75) is 54.9 Å². The number of likely N-dealkylation sites (tertiary alicyclic amines) is 1. The predicted molar refractivity (Wildman–Crippen MR) is 138 cm³/mol. The third-order valence-corrected chi connectivity index (χ3v) is 9.55. The number of rotatable bonds is 7. The molecule has 2 aliphatic rings. The highest BCUT2D eigenvalue weighted by Gasteiger charge is 2.44. The van der Waals surface area contributed by atoms with Crippen LogP contribution in [0, 0.1) is 5.92 Å². The van der Waals surface area contributed by atoms with E-state index in [9.17, 15) is 41.1 Å². The largest absolute Gasteiger partial charge is 0.465 e. The molecule has 3 amide bonds. The Labute approximate surface area is 229 Å². The SMILES string of the molecule is CN(C(=O)O)[C@@H]1CC[C@H](N2CC[C@H](NC(=O)c3cccc(C(F)(F)F)c3)C2=O)[C@H](CS(=O)(=O)c2ccccc2)C1. The smallest absolute Gasteiger partial charge is 0.416 e. The van der Waals surface area contributed by atoms with Crippen LogP contribution in [0.5, 0.6) is 0 Å². The molecule has 1 heterocycles. The summed E-state index contributed by atoms with van der Waals surface area (Å²) in [4.78, 5) is 40.5. The van der Waals surface area contributed by atoms with Crippen LogP contribution in [0.2, 0.25) is 0 Å². The van der Waals surface area contributed by atoms with Gasteiger partial charge < -0.3 is 20.2 Å². The second-order valence-electron chi connectivity index (χ2n) is 10.2. The highest BCUT2D eigenvalue weighted by Crippen LogP contribution is 2.35. The highest BCUT2D eigenvalue weighted by molar-refractivity contribution is 7.91. The van der Waals surface area contributed by atoms with E-state index in [4.69, 9.17) is 0 Å². The molecular weight excluding hydrogens is 551 g/mol. The zero-order valence-corrected chi connectivity index (χ0v) is 22.5. The molecule has 13 heteroatoms. The lowest BCUT2D eigenvalue weighted by molar-refractivity contribution is -0.137.